The van der Waals surface area contributed by atoms with Crippen LogP contribution in [0.1, 0.15) is 11.1 Å². The third-order valence-corrected chi connectivity index (χ3v) is 3.69. The molecule has 23 heavy (non-hydrogen) atoms. The highest BCUT2D eigenvalue weighted by atomic mass is 16.7. The molecule has 2 aromatic carbocycles. The molecule has 1 aliphatic heterocycles. The van der Waals surface area contributed by atoms with Gasteiger partial charge >= 0.3 is 0 Å². The minimum absolute atomic E-state index is 0.156. The van der Waals surface area contributed by atoms with Crippen LogP contribution in [0.15, 0.2) is 24.3 Å². The highest BCUT2D eigenvalue weighted by Crippen LogP contribution is 2.41. The molecular weight excluding hydrogens is 300 g/mol. The topological polar surface area (TPSA) is 66.4 Å². The van der Waals surface area contributed by atoms with Gasteiger partial charge in [0.2, 0.25) is 12.5 Å². The summed E-state index contributed by atoms with van der Waals surface area (Å²) in [6.07, 6.45) is 0.485. The molecule has 0 fully saturated rings. The second-order valence-electron chi connectivity index (χ2n) is 5.04. The zero-order valence-electron chi connectivity index (χ0n) is 13.2. The van der Waals surface area contributed by atoms with Crippen molar-refractivity contribution < 1.29 is 28.8 Å². The van der Waals surface area contributed by atoms with Gasteiger partial charge in [-0.1, -0.05) is 0 Å². The monoisotopic (exact) mass is 318 g/mol. The van der Waals surface area contributed by atoms with E-state index in [2.05, 4.69) is 0 Å². The van der Waals surface area contributed by atoms with Crippen molar-refractivity contribution in [1.82, 2.24) is 0 Å². The highest BCUT2D eigenvalue weighted by molar-refractivity contribution is 5.56. The molecule has 6 nitrogen and oxygen atoms in total. The lowest BCUT2D eigenvalue weighted by Gasteiger charge is -2.14. The Morgan fingerprint density at radius 2 is 1.52 bits per heavy atom. The van der Waals surface area contributed by atoms with Crippen LogP contribution in [0.3, 0.4) is 0 Å². The van der Waals surface area contributed by atoms with Crippen LogP contribution in [0.25, 0.3) is 0 Å². The van der Waals surface area contributed by atoms with E-state index in [1.165, 1.54) is 0 Å². The van der Waals surface area contributed by atoms with Gasteiger partial charge in [0.15, 0.2) is 23.0 Å². The summed E-state index contributed by atoms with van der Waals surface area (Å²) in [5.41, 5.74) is 1.64. The second-order valence-corrected chi connectivity index (χ2v) is 5.04. The van der Waals surface area contributed by atoms with Crippen LogP contribution in [0, 0.1) is 0 Å². The number of benzene rings is 2. The number of fused-ring (bicyclic) bond motifs is 1. The molecule has 3 rings (SSSR count). The van der Waals surface area contributed by atoms with E-state index in [0.717, 1.165) is 11.1 Å². The molecule has 0 amide bonds. The fourth-order valence-electron chi connectivity index (χ4n) is 2.57. The van der Waals surface area contributed by atoms with E-state index in [4.69, 9.17) is 23.7 Å². The second kappa shape index (κ2) is 6.16. The molecular formula is C17H18O6. The maximum atomic E-state index is 10.2. The molecule has 2 aromatic rings. The predicted octanol–water partition coefficient (Wildman–Crippen LogP) is 2.74. The summed E-state index contributed by atoms with van der Waals surface area (Å²) in [4.78, 5) is 0. The van der Waals surface area contributed by atoms with Crippen LogP contribution in [0.2, 0.25) is 0 Å². The van der Waals surface area contributed by atoms with Gasteiger partial charge in [-0.15, -0.1) is 0 Å². The van der Waals surface area contributed by atoms with E-state index in [9.17, 15) is 5.11 Å². The van der Waals surface area contributed by atoms with Gasteiger partial charge in [0, 0.05) is 18.1 Å². The predicted molar refractivity (Wildman–Crippen MR) is 83.1 cm³/mol. The van der Waals surface area contributed by atoms with E-state index in [-0.39, 0.29) is 12.5 Å². The van der Waals surface area contributed by atoms with Crippen molar-refractivity contribution in [2.75, 3.05) is 28.1 Å². The minimum Gasteiger partial charge on any atom is -0.508 e. The van der Waals surface area contributed by atoms with E-state index < -0.39 is 0 Å². The van der Waals surface area contributed by atoms with Crippen molar-refractivity contribution in [3.63, 3.8) is 0 Å². The number of hydrogen-bond acceptors (Lipinski definition) is 6. The van der Waals surface area contributed by atoms with Gasteiger partial charge in [-0.2, -0.15) is 0 Å². The van der Waals surface area contributed by atoms with E-state index in [0.29, 0.717) is 35.2 Å². The third-order valence-electron chi connectivity index (χ3n) is 3.69. The Bertz CT molecular complexity index is 700. The van der Waals surface area contributed by atoms with E-state index in [1.807, 2.05) is 12.1 Å². The lowest BCUT2D eigenvalue weighted by Crippen LogP contribution is -1.98. The number of aromatic hydroxyl groups is 1. The number of ether oxygens (including phenoxy) is 5. The normalized spacial score (nSPS) is 12.1. The van der Waals surface area contributed by atoms with Crippen LogP contribution in [-0.4, -0.2) is 33.2 Å². The first-order valence-electron chi connectivity index (χ1n) is 7.06. The third kappa shape index (κ3) is 2.79. The lowest BCUT2D eigenvalue weighted by molar-refractivity contribution is 0.174. The van der Waals surface area contributed by atoms with Crippen LogP contribution in [-0.2, 0) is 6.42 Å². The SMILES string of the molecule is COc1cc(Cc2cc3c(cc2O)OCO3)cc(OC)c1OC. The Labute approximate surface area is 134 Å². The highest BCUT2D eigenvalue weighted by Gasteiger charge is 2.19. The summed E-state index contributed by atoms with van der Waals surface area (Å²) in [6, 6.07) is 7.05. The molecule has 1 aliphatic rings. The molecule has 0 saturated carbocycles. The van der Waals surface area contributed by atoms with Gasteiger partial charge < -0.3 is 28.8 Å². The van der Waals surface area contributed by atoms with Gasteiger partial charge in [0.25, 0.3) is 0 Å². The molecule has 0 radical (unpaired) electrons. The van der Waals surface area contributed by atoms with Crippen LogP contribution in [0.4, 0.5) is 0 Å². The summed E-state index contributed by atoms with van der Waals surface area (Å²) in [6.45, 7) is 0.169. The van der Waals surface area contributed by atoms with Gasteiger partial charge in [-0.05, 0) is 23.8 Å². The Hall–Kier alpha value is -2.76. The van der Waals surface area contributed by atoms with E-state index in [1.54, 1.807) is 33.5 Å². The quantitative estimate of drug-likeness (QED) is 0.914. The molecule has 122 valence electrons. The summed E-state index contributed by atoms with van der Waals surface area (Å²) in [5.74, 6) is 3.02. The number of rotatable bonds is 5. The van der Waals surface area contributed by atoms with Crippen molar-refractivity contribution in [2.45, 2.75) is 6.42 Å². The maximum Gasteiger partial charge on any atom is 0.231 e. The fourth-order valence-corrected chi connectivity index (χ4v) is 2.57. The van der Waals surface area contributed by atoms with Crippen LogP contribution < -0.4 is 23.7 Å². The molecule has 0 saturated heterocycles. The molecule has 0 aliphatic carbocycles. The van der Waals surface area contributed by atoms with E-state index >= 15 is 0 Å². The average molecular weight is 318 g/mol. The van der Waals surface area contributed by atoms with Gasteiger partial charge in [0.05, 0.1) is 21.3 Å². The number of phenols is 1. The standard InChI is InChI=1S/C17H18O6/c1-19-15-5-10(6-16(20-2)17(15)21-3)4-11-7-13-14(8-12(11)18)23-9-22-13/h5-8,18H,4,9H2,1-3H3. The first-order chi connectivity index (χ1) is 11.2. The van der Waals surface area contributed by atoms with Crippen molar-refractivity contribution in [1.29, 1.82) is 0 Å². The zero-order chi connectivity index (χ0) is 16.4. The van der Waals surface area contributed by atoms with Crippen molar-refractivity contribution in [3.8, 4) is 34.5 Å². The molecule has 6 heteroatoms. The Morgan fingerprint density at radius 3 is 2.09 bits per heavy atom. The lowest BCUT2D eigenvalue weighted by atomic mass is 10.0. The molecule has 0 unspecified atom stereocenters. The first kappa shape index (κ1) is 15.1. The average Bonchev–Trinajstić information content (AvgIpc) is 3.01. The smallest absolute Gasteiger partial charge is 0.231 e. The number of phenolic OH excluding ortho intramolecular Hbond substituents is 1. The Morgan fingerprint density at radius 1 is 0.913 bits per heavy atom. The number of hydrogen-bond donors (Lipinski definition) is 1. The fraction of sp³-hybridized carbons (Fsp3) is 0.294. The molecule has 0 atom stereocenters. The van der Waals surface area contributed by atoms with Crippen molar-refractivity contribution >= 4 is 0 Å². The van der Waals surface area contributed by atoms with Crippen molar-refractivity contribution in [3.05, 3.63) is 35.4 Å². The van der Waals surface area contributed by atoms with Gasteiger partial charge in [-0.25, -0.2) is 0 Å². The Balaban J connectivity index is 1.97. The molecule has 0 bridgehead atoms. The van der Waals surface area contributed by atoms with Crippen molar-refractivity contribution in [2.24, 2.45) is 0 Å². The summed E-state index contributed by atoms with van der Waals surface area (Å²) >= 11 is 0. The van der Waals surface area contributed by atoms with Crippen LogP contribution in [0.5, 0.6) is 34.5 Å². The first-order valence-corrected chi connectivity index (χ1v) is 7.06. The number of methoxy groups -OCH3 is 3. The van der Waals surface area contributed by atoms with Crippen LogP contribution >= 0.6 is 0 Å². The zero-order valence-corrected chi connectivity index (χ0v) is 13.2. The Kier molecular flexibility index (Phi) is 4.06. The molecule has 1 N–H and O–H groups in total. The molecule has 0 spiro atoms. The summed E-state index contributed by atoms with van der Waals surface area (Å²) < 4.78 is 26.6. The van der Waals surface area contributed by atoms with Gasteiger partial charge in [0.1, 0.15) is 5.75 Å². The minimum atomic E-state index is 0.156. The summed E-state index contributed by atoms with van der Waals surface area (Å²) in [5, 5.41) is 10.2. The largest absolute Gasteiger partial charge is 0.508 e. The molecule has 1 heterocycles. The van der Waals surface area contributed by atoms with Gasteiger partial charge in [-0.3, -0.25) is 0 Å². The summed E-state index contributed by atoms with van der Waals surface area (Å²) in [7, 11) is 4.70. The maximum absolute atomic E-state index is 10.2. The molecule has 0 aromatic heterocycles.